The molecule has 0 heterocycles. The second-order valence-electron chi connectivity index (χ2n) is 4.99. The van der Waals surface area contributed by atoms with Crippen LogP contribution in [0.25, 0.3) is 0 Å². The van der Waals surface area contributed by atoms with Gasteiger partial charge in [0.25, 0.3) is 0 Å². The van der Waals surface area contributed by atoms with Crippen molar-refractivity contribution in [1.29, 1.82) is 0 Å². The maximum Gasteiger partial charge on any atom is 0.225 e. The normalized spacial score (nSPS) is 14.6. The fourth-order valence-corrected chi connectivity index (χ4v) is 2.08. The van der Waals surface area contributed by atoms with Gasteiger partial charge in [0.1, 0.15) is 0 Å². The van der Waals surface area contributed by atoms with Crippen molar-refractivity contribution in [1.82, 2.24) is 5.32 Å². The van der Waals surface area contributed by atoms with Gasteiger partial charge in [0.15, 0.2) is 0 Å². The highest BCUT2D eigenvalue weighted by Crippen LogP contribution is 2.21. The van der Waals surface area contributed by atoms with E-state index in [1.165, 1.54) is 18.4 Å². The van der Waals surface area contributed by atoms with Crippen LogP contribution in [0.2, 0.25) is 0 Å². The summed E-state index contributed by atoms with van der Waals surface area (Å²) in [6.45, 7) is 4.93. The molecule has 0 aliphatic heterocycles. The highest BCUT2D eigenvalue weighted by molar-refractivity contribution is 5.92. The average molecular weight is 246 g/mol. The number of anilines is 1. The molecule has 0 aromatic heterocycles. The molecule has 2 N–H and O–H groups in total. The molecule has 0 saturated heterocycles. The lowest BCUT2D eigenvalue weighted by Crippen LogP contribution is -2.23. The first-order chi connectivity index (χ1) is 8.70. The van der Waals surface area contributed by atoms with E-state index >= 15 is 0 Å². The van der Waals surface area contributed by atoms with Crippen molar-refractivity contribution in [2.45, 2.75) is 45.6 Å². The number of para-hydroxylation sites is 1. The van der Waals surface area contributed by atoms with Crippen LogP contribution >= 0.6 is 0 Å². The van der Waals surface area contributed by atoms with E-state index in [-0.39, 0.29) is 5.91 Å². The van der Waals surface area contributed by atoms with Crippen LogP contribution in [0.5, 0.6) is 0 Å². The van der Waals surface area contributed by atoms with Crippen LogP contribution in [0.15, 0.2) is 18.2 Å². The van der Waals surface area contributed by atoms with Crippen molar-refractivity contribution in [2.75, 3.05) is 11.9 Å². The van der Waals surface area contributed by atoms with Crippen molar-refractivity contribution >= 4 is 11.6 Å². The second-order valence-corrected chi connectivity index (χ2v) is 4.99. The van der Waals surface area contributed by atoms with Crippen molar-refractivity contribution in [3.05, 3.63) is 29.3 Å². The molecule has 98 valence electrons. The lowest BCUT2D eigenvalue weighted by atomic mass is 10.1. The number of nitrogens with one attached hydrogen (secondary N) is 2. The number of amides is 1. The lowest BCUT2D eigenvalue weighted by molar-refractivity contribution is -0.116. The molecule has 0 atom stereocenters. The van der Waals surface area contributed by atoms with Gasteiger partial charge in [-0.1, -0.05) is 25.1 Å². The molecule has 1 aliphatic rings. The average Bonchev–Trinajstić information content (AvgIpc) is 3.16. The molecule has 2 rings (SSSR count). The molecule has 0 bridgehead atoms. The Bertz CT molecular complexity index is 425. The predicted octanol–water partition coefficient (Wildman–Crippen LogP) is 2.64. The number of benzene rings is 1. The van der Waals surface area contributed by atoms with Gasteiger partial charge in [-0.15, -0.1) is 0 Å². The van der Waals surface area contributed by atoms with E-state index in [4.69, 9.17) is 0 Å². The second kappa shape index (κ2) is 6.01. The number of carbonyl (C=O) groups excluding carboxylic acids is 1. The molecule has 1 saturated carbocycles. The van der Waals surface area contributed by atoms with Crippen LogP contribution in [-0.2, 0) is 11.2 Å². The Hall–Kier alpha value is -1.35. The van der Waals surface area contributed by atoms with Crippen LogP contribution < -0.4 is 10.6 Å². The van der Waals surface area contributed by atoms with Crippen molar-refractivity contribution in [2.24, 2.45) is 0 Å². The number of hydrogen-bond acceptors (Lipinski definition) is 2. The summed E-state index contributed by atoms with van der Waals surface area (Å²) in [4.78, 5) is 11.9. The monoisotopic (exact) mass is 246 g/mol. The van der Waals surface area contributed by atoms with Crippen LogP contribution in [0, 0.1) is 6.92 Å². The minimum Gasteiger partial charge on any atom is -0.326 e. The molecule has 0 radical (unpaired) electrons. The zero-order chi connectivity index (χ0) is 13.0. The molecule has 18 heavy (non-hydrogen) atoms. The molecular formula is C15H22N2O. The van der Waals surface area contributed by atoms with Gasteiger partial charge >= 0.3 is 0 Å². The van der Waals surface area contributed by atoms with Crippen LogP contribution in [0.3, 0.4) is 0 Å². The maximum atomic E-state index is 11.9. The molecule has 1 fully saturated rings. The molecule has 3 nitrogen and oxygen atoms in total. The molecule has 1 aliphatic carbocycles. The van der Waals surface area contributed by atoms with Crippen molar-refractivity contribution < 1.29 is 4.79 Å². The third-order valence-electron chi connectivity index (χ3n) is 3.37. The first-order valence-electron chi connectivity index (χ1n) is 6.82. The third kappa shape index (κ3) is 3.57. The lowest BCUT2D eigenvalue weighted by Gasteiger charge is -2.13. The van der Waals surface area contributed by atoms with Crippen LogP contribution in [-0.4, -0.2) is 18.5 Å². The Morgan fingerprint density at radius 1 is 1.39 bits per heavy atom. The van der Waals surface area contributed by atoms with E-state index in [1.54, 1.807) is 0 Å². The highest BCUT2D eigenvalue weighted by Gasteiger charge is 2.20. The Morgan fingerprint density at radius 2 is 2.17 bits per heavy atom. The summed E-state index contributed by atoms with van der Waals surface area (Å²) >= 11 is 0. The highest BCUT2D eigenvalue weighted by atomic mass is 16.1. The summed E-state index contributed by atoms with van der Waals surface area (Å²) in [7, 11) is 0. The molecule has 1 aromatic carbocycles. The van der Waals surface area contributed by atoms with Crippen molar-refractivity contribution in [3.63, 3.8) is 0 Å². The Balaban J connectivity index is 1.88. The van der Waals surface area contributed by atoms with E-state index in [0.717, 1.165) is 24.2 Å². The summed E-state index contributed by atoms with van der Waals surface area (Å²) < 4.78 is 0. The van der Waals surface area contributed by atoms with Gasteiger partial charge in [-0.05, 0) is 37.3 Å². The molecule has 1 amide bonds. The van der Waals surface area contributed by atoms with Crippen LogP contribution in [0.4, 0.5) is 5.69 Å². The summed E-state index contributed by atoms with van der Waals surface area (Å²) in [5.41, 5.74) is 3.34. The summed E-state index contributed by atoms with van der Waals surface area (Å²) in [5.74, 6) is 0.104. The summed E-state index contributed by atoms with van der Waals surface area (Å²) in [5, 5.41) is 6.40. The fraction of sp³-hybridized carbons (Fsp3) is 0.533. The molecule has 0 spiro atoms. The minimum absolute atomic E-state index is 0.104. The molecule has 0 unspecified atom stereocenters. The quantitative estimate of drug-likeness (QED) is 0.810. The maximum absolute atomic E-state index is 11.9. The number of rotatable bonds is 6. The molecule has 1 aromatic rings. The van der Waals surface area contributed by atoms with E-state index < -0.39 is 0 Å². The van der Waals surface area contributed by atoms with Gasteiger partial charge in [0.2, 0.25) is 5.91 Å². The standard InChI is InChI=1S/C15H22N2O/c1-3-12-6-4-5-11(2)15(12)17-14(18)9-10-16-13-7-8-13/h4-6,13,16H,3,7-10H2,1-2H3,(H,17,18). The minimum atomic E-state index is 0.104. The number of carbonyl (C=O) groups is 1. The number of aryl methyl sites for hydroxylation is 2. The largest absolute Gasteiger partial charge is 0.326 e. The molecule has 3 heteroatoms. The van der Waals surface area contributed by atoms with Gasteiger partial charge < -0.3 is 10.6 Å². The van der Waals surface area contributed by atoms with Crippen LogP contribution in [0.1, 0.15) is 37.3 Å². The Kier molecular flexibility index (Phi) is 4.37. The topological polar surface area (TPSA) is 41.1 Å². The van der Waals surface area contributed by atoms with E-state index in [0.29, 0.717) is 12.5 Å². The van der Waals surface area contributed by atoms with Gasteiger partial charge in [0, 0.05) is 24.7 Å². The third-order valence-corrected chi connectivity index (χ3v) is 3.37. The van der Waals surface area contributed by atoms with E-state index in [1.807, 2.05) is 19.1 Å². The van der Waals surface area contributed by atoms with E-state index in [9.17, 15) is 4.79 Å². The fourth-order valence-electron chi connectivity index (χ4n) is 2.08. The van der Waals surface area contributed by atoms with Gasteiger partial charge in [0.05, 0.1) is 0 Å². The SMILES string of the molecule is CCc1cccc(C)c1NC(=O)CCNC1CC1. The Morgan fingerprint density at radius 3 is 2.83 bits per heavy atom. The summed E-state index contributed by atoms with van der Waals surface area (Å²) in [6.07, 6.45) is 4.02. The summed E-state index contributed by atoms with van der Waals surface area (Å²) in [6, 6.07) is 6.82. The molecular weight excluding hydrogens is 224 g/mol. The first-order valence-corrected chi connectivity index (χ1v) is 6.82. The van der Waals surface area contributed by atoms with Gasteiger partial charge in [-0.2, -0.15) is 0 Å². The van der Waals surface area contributed by atoms with Gasteiger partial charge in [-0.25, -0.2) is 0 Å². The Labute approximate surface area is 109 Å². The van der Waals surface area contributed by atoms with Gasteiger partial charge in [-0.3, -0.25) is 4.79 Å². The zero-order valence-corrected chi connectivity index (χ0v) is 11.3. The smallest absolute Gasteiger partial charge is 0.225 e. The predicted molar refractivity (Wildman–Crippen MR) is 74.8 cm³/mol. The van der Waals surface area contributed by atoms with E-state index in [2.05, 4.69) is 23.6 Å². The first kappa shape index (κ1) is 13.1. The van der Waals surface area contributed by atoms with Crippen molar-refractivity contribution in [3.8, 4) is 0 Å². The number of hydrogen-bond donors (Lipinski definition) is 2. The zero-order valence-electron chi connectivity index (χ0n) is 11.3.